The van der Waals surface area contributed by atoms with Crippen molar-refractivity contribution in [1.82, 2.24) is 9.88 Å². The first-order valence-electron chi connectivity index (χ1n) is 12.6. The molecule has 2 heterocycles. The maximum Gasteiger partial charge on any atom is 0.310 e. The summed E-state index contributed by atoms with van der Waals surface area (Å²) in [7, 11) is 0. The van der Waals surface area contributed by atoms with E-state index in [1.807, 2.05) is 6.07 Å². The highest BCUT2D eigenvalue weighted by atomic mass is 19.1. The van der Waals surface area contributed by atoms with Gasteiger partial charge in [-0.1, -0.05) is 36.8 Å². The summed E-state index contributed by atoms with van der Waals surface area (Å²) in [6, 6.07) is 14.2. The van der Waals surface area contributed by atoms with Gasteiger partial charge in [0.1, 0.15) is 5.82 Å². The number of halogens is 1. The van der Waals surface area contributed by atoms with Crippen LogP contribution in [0, 0.1) is 22.6 Å². The molecular weight excluding hydrogens is 415 g/mol. The molecule has 1 N–H and O–H groups in total. The number of aromatic nitrogens is 1. The highest BCUT2D eigenvalue weighted by molar-refractivity contribution is 5.76. The number of piperidine rings is 1. The lowest BCUT2D eigenvalue weighted by atomic mass is 9.67. The van der Waals surface area contributed by atoms with Gasteiger partial charge in [0.25, 0.3) is 0 Å². The molecule has 1 unspecified atom stereocenters. The maximum atomic E-state index is 13.4. The van der Waals surface area contributed by atoms with Crippen molar-refractivity contribution >= 4 is 5.97 Å². The zero-order valence-corrected chi connectivity index (χ0v) is 19.4. The van der Waals surface area contributed by atoms with Gasteiger partial charge < -0.3 is 10.0 Å². The average molecular weight is 451 g/mol. The van der Waals surface area contributed by atoms with Crippen LogP contribution in [0.15, 0.2) is 48.7 Å². The number of hydrogen-bond donors (Lipinski definition) is 1. The van der Waals surface area contributed by atoms with Crippen molar-refractivity contribution in [1.29, 1.82) is 0 Å². The molecular formula is C28H35FN2O2. The lowest BCUT2D eigenvalue weighted by Crippen LogP contribution is -2.51. The Morgan fingerprint density at radius 1 is 1.09 bits per heavy atom. The molecule has 1 aliphatic heterocycles. The van der Waals surface area contributed by atoms with Crippen LogP contribution in [0.4, 0.5) is 4.39 Å². The summed E-state index contributed by atoms with van der Waals surface area (Å²) in [4.78, 5) is 18.6. The second-order valence-corrected chi connectivity index (χ2v) is 10.9. The molecule has 2 aliphatic carbocycles. The van der Waals surface area contributed by atoms with Gasteiger partial charge in [-0.05, 0) is 99.4 Å². The van der Waals surface area contributed by atoms with E-state index in [2.05, 4.69) is 40.2 Å². The van der Waals surface area contributed by atoms with Crippen LogP contribution in [0.3, 0.4) is 0 Å². The molecule has 1 saturated heterocycles. The summed E-state index contributed by atoms with van der Waals surface area (Å²) in [6.45, 7) is 2.58. The third kappa shape index (κ3) is 4.98. The van der Waals surface area contributed by atoms with Crippen LogP contribution in [-0.2, 0) is 11.2 Å². The van der Waals surface area contributed by atoms with Crippen LogP contribution >= 0.6 is 0 Å². The Balaban J connectivity index is 1.23. The Hall–Kier alpha value is -2.27. The quantitative estimate of drug-likeness (QED) is 0.534. The zero-order chi connectivity index (χ0) is 22.9. The minimum atomic E-state index is -0.623. The first-order chi connectivity index (χ1) is 16.0. The molecule has 0 amide bonds. The third-order valence-corrected chi connectivity index (χ3v) is 8.75. The van der Waals surface area contributed by atoms with Crippen molar-refractivity contribution in [2.45, 2.75) is 63.7 Å². The molecule has 4 nitrogen and oxygen atoms in total. The SMILES string of the molecule is O=C(O)C1(CN2CCC(CC[C@@H]3CC3c3ccccc3)(Cc3ccc(F)cn3)CC2)CCC1. The molecule has 0 bridgehead atoms. The molecule has 3 fully saturated rings. The second kappa shape index (κ2) is 9.17. The molecule has 5 heteroatoms. The Kier molecular flexibility index (Phi) is 6.26. The van der Waals surface area contributed by atoms with E-state index in [0.717, 1.165) is 69.6 Å². The molecule has 3 aliphatic rings. The number of rotatable bonds is 9. The van der Waals surface area contributed by atoms with Crippen LogP contribution in [0.5, 0.6) is 0 Å². The lowest BCUT2D eigenvalue weighted by Gasteiger charge is -2.47. The van der Waals surface area contributed by atoms with Crippen molar-refractivity contribution in [3.8, 4) is 0 Å². The first kappa shape index (κ1) is 22.5. The molecule has 1 aromatic carbocycles. The predicted molar refractivity (Wildman–Crippen MR) is 126 cm³/mol. The number of hydrogen-bond acceptors (Lipinski definition) is 3. The monoisotopic (exact) mass is 450 g/mol. The van der Waals surface area contributed by atoms with Crippen LogP contribution < -0.4 is 0 Å². The van der Waals surface area contributed by atoms with E-state index in [1.165, 1.54) is 30.7 Å². The van der Waals surface area contributed by atoms with Gasteiger partial charge in [-0.2, -0.15) is 0 Å². The third-order valence-electron chi connectivity index (χ3n) is 8.75. The molecule has 2 atom stereocenters. The van der Waals surface area contributed by atoms with E-state index < -0.39 is 11.4 Å². The van der Waals surface area contributed by atoms with Crippen molar-refractivity contribution in [3.63, 3.8) is 0 Å². The molecule has 0 spiro atoms. The van der Waals surface area contributed by atoms with Crippen molar-refractivity contribution in [2.24, 2.45) is 16.7 Å². The fraction of sp³-hybridized carbons (Fsp3) is 0.571. The highest BCUT2D eigenvalue weighted by Crippen LogP contribution is 2.53. The number of carboxylic acid groups (broad SMARTS) is 1. The van der Waals surface area contributed by atoms with Crippen LogP contribution in [0.25, 0.3) is 0 Å². The average Bonchev–Trinajstić information content (AvgIpc) is 3.58. The summed E-state index contributed by atoms with van der Waals surface area (Å²) in [6.07, 6.45) is 10.7. The summed E-state index contributed by atoms with van der Waals surface area (Å²) in [5.41, 5.74) is 2.09. The van der Waals surface area contributed by atoms with Gasteiger partial charge in [-0.15, -0.1) is 0 Å². The molecule has 2 aromatic rings. The van der Waals surface area contributed by atoms with Crippen LogP contribution in [0.2, 0.25) is 0 Å². The van der Waals surface area contributed by atoms with E-state index in [1.54, 1.807) is 0 Å². The van der Waals surface area contributed by atoms with E-state index >= 15 is 0 Å². The van der Waals surface area contributed by atoms with Crippen molar-refractivity contribution < 1.29 is 14.3 Å². The molecule has 0 radical (unpaired) electrons. The van der Waals surface area contributed by atoms with Gasteiger partial charge in [0.15, 0.2) is 0 Å². The number of likely N-dealkylation sites (tertiary alicyclic amines) is 1. The Morgan fingerprint density at radius 3 is 2.45 bits per heavy atom. The van der Waals surface area contributed by atoms with E-state index in [-0.39, 0.29) is 11.2 Å². The number of benzene rings is 1. The van der Waals surface area contributed by atoms with Gasteiger partial charge in [-0.3, -0.25) is 9.78 Å². The number of nitrogens with zero attached hydrogens (tertiary/aromatic N) is 2. The van der Waals surface area contributed by atoms with Gasteiger partial charge >= 0.3 is 5.97 Å². The summed E-state index contributed by atoms with van der Waals surface area (Å²) in [5, 5.41) is 9.74. The lowest BCUT2D eigenvalue weighted by molar-refractivity contribution is -0.156. The van der Waals surface area contributed by atoms with Crippen molar-refractivity contribution in [2.75, 3.05) is 19.6 Å². The molecule has 1 aromatic heterocycles. The molecule has 5 rings (SSSR count). The fourth-order valence-electron chi connectivity index (χ4n) is 6.23. The standard InChI is InChI=1S/C28H35FN2O2/c29-23-7-8-24(30-19-23)18-27(12-9-22-17-25(22)21-5-2-1-3-6-21)13-15-31(16-14-27)20-28(26(32)33)10-4-11-28/h1-3,5-8,19,22,25H,4,9-18,20H2,(H,32,33)/t22-,25?/m1/s1. The second-order valence-electron chi connectivity index (χ2n) is 10.9. The Labute approximate surface area is 196 Å². The number of aliphatic carboxylic acids is 1. The minimum Gasteiger partial charge on any atom is -0.481 e. The number of carboxylic acids is 1. The smallest absolute Gasteiger partial charge is 0.310 e. The fourth-order valence-corrected chi connectivity index (χ4v) is 6.23. The van der Waals surface area contributed by atoms with Gasteiger partial charge in [-0.25, -0.2) is 4.39 Å². The van der Waals surface area contributed by atoms with Crippen molar-refractivity contribution in [3.05, 3.63) is 65.7 Å². The summed E-state index contributed by atoms with van der Waals surface area (Å²) in [5.74, 6) is 0.544. The van der Waals surface area contributed by atoms with Crippen LogP contribution in [0.1, 0.15) is 68.5 Å². The zero-order valence-electron chi connectivity index (χ0n) is 19.4. The van der Waals surface area contributed by atoms with Crippen LogP contribution in [-0.4, -0.2) is 40.6 Å². The minimum absolute atomic E-state index is 0.168. The highest BCUT2D eigenvalue weighted by Gasteiger charge is 2.47. The molecule has 176 valence electrons. The molecule has 33 heavy (non-hydrogen) atoms. The van der Waals surface area contributed by atoms with E-state index in [9.17, 15) is 14.3 Å². The topological polar surface area (TPSA) is 53.4 Å². The first-order valence-corrected chi connectivity index (χ1v) is 12.6. The largest absolute Gasteiger partial charge is 0.481 e. The van der Waals surface area contributed by atoms with Gasteiger partial charge in [0.05, 0.1) is 11.6 Å². The Morgan fingerprint density at radius 2 is 1.85 bits per heavy atom. The predicted octanol–water partition coefficient (Wildman–Crippen LogP) is 5.68. The van der Waals surface area contributed by atoms with Gasteiger partial charge in [0, 0.05) is 12.2 Å². The summed E-state index contributed by atoms with van der Waals surface area (Å²) < 4.78 is 13.4. The van der Waals surface area contributed by atoms with E-state index in [0.29, 0.717) is 12.5 Å². The molecule has 2 saturated carbocycles. The number of pyridine rings is 1. The normalized spacial score (nSPS) is 25.8. The number of carbonyl (C=O) groups is 1. The Bertz CT molecular complexity index is 950. The van der Waals surface area contributed by atoms with E-state index in [4.69, 9.17) is 0 Å². The van der Waals surface area contributed by atoms with Gasteiger partial charge in [0.2, 0.25) is 0 Å². The maximum absolute atomic E-state index is 13.4. The summed E-state index contributed by atoms with van der Waals surface area (Å²) >= 11 is 0.